The average Bonchev–Trinajstić information content (AvgIpc) is 3.14. The molecule has 0 aliphatic rings. The van der Waals surface area contributed by atoms with Crippen molar-refractivity contribution in [1.82, 2.24) is 5.32 Å². The van der Waals surface area contributed by atoms with E-state index < -0.39 is 11.8 Å². The summed E-state index contributed by atoms with van der Waals surface area (Å²) in [6.45, 7) is 0.104. The minimum atomic E-state index is -0.736. The second kappa shape index (κ2) is 8.95. The summed E-state index contributed by atoms with van der Waals surface area (Å²) in [6, 6.07) is 19.8. The molecule has 2 amide bonds. The van der Waals surface area contributed by atoms with Gasteiger partial charge in [0.2, 0.25) is 0 Å². The third-order valence-electron chi connectivity index (χ3n) is 3.51. The van der Waals surface area contributed by atoms with E-state index in [0.717, 1.165) is 10.2 Å². The first kappa shape index (κ1) is 18.6. The number of aliphatic imine (C=N–C) groups is 1. The third kappa shape index (κ3) is 5.65. The minimum Gasteiger partial charge on any atom is -0.458 e. The van der Waals surface area contributed by atoms with Gasteiger partial charge in [-0.25, -0.2) is 0 Å². The molecule has 136 valence electrons. The zero-order valence-corrected chi connectivity index (χ0v) is 15.8. The Morgan fingerprint density at radius 2 is 1.70 bits per heavy atom. The highest BCUT2D eigenvalue weighted by Crippen LogP contribution is 2.17. The highest BCUT2D eigenvalue weighted by atomic mass is 79.9. The number of carbonyl (C=O) groups is 2. The maximum absolute atomic E-state index is 11.9. The molecule has 7 heteroatoms. The fourth-order valence-corrected chi connectivity index (χ4v) is 2.45. The summed E-state index contributed by atoms with van der Waals surface area (Å²) in [7, 11) is 0. The molecule has 6 nitrogen and oxygen atoms in total. The van der Waals surface area contributed by atoms with E-state index in [1.807, 2.05) is 30.3 Å². The van der Waals surface area contributed by atoms with Crippen LogP contribution >= 0.6 is 15.9 Å². The van der Waals surface area contributed by atoms with E-state index in [2.05, 4.69) is 31.6 Å². The number of hydrogen-bond donors (Lipinski definition) is 2. The van der Waals surface area contributed by atoms with Crippen LogP contribution in [0.15, 0.2) is 80.6 Å². The van der Waals surface area contributed by atoms with E-state index in [-0.39, 0.29) is 6.54 Å². The summed E-state index contributed by atoms with van der Waals surface area (Å²) in [5, 5.41) is 5.04. The average molecular weight is 426 g/mol. The van der Waals surface area contributed by atoms with Gasteiger partial charge in [0.25, 0.3) is 0 Å². The Bertz CT molecular complexity index is 950. The van der Waals surface area contributed by atoms with Crippen molar-refractivity contribution >= 4 is 45.3 Å². The van der Waals surface area contributed by atoms with Crippen LogP contribution in [0.3, 0.4) is 0 Å². The predicted octanol–water partition coefficient (Wildman–Crippen LogP) is 4.05. The van der Waals surface area contributed by atoms with Gasteiger partial charge in [0.1, 0.15) is 11.5 Å². The van der Waals surface area contributed by atoms with Crippen molar-refractivity contribution in [3.63, 3.8) is 0 Å². The van der Waals surface area contributed by atoms with Gasteiger partial charge in [0.05, 0.1) is 18.4 Å². The molecule has 2 aromatic carbocycles. The molecule has 0 atom stereocenters. The lowest BCUT2D eigenvalue weighted by molar-refractivity contribution is -0.136. The summed E-state index contributed by atoms with van der Waals surface area (Å²) >= 11 is 3.37. The third-order valence-corrected chi connectivity index (χ3v) is 4.04. The van der Waals surface area contributed by atoms with Gasteiger partial charge < -0.3 is 15.1 Å². The largest absolute Gasteiger partial charge is 0.458 e. The second-order valence-electron chi connectivity index (χ2n) is 5.54. The van der Waals surface area contributed by atoms with Crippen LogP contribution in [0.1, 0.15) is 11.5 Å². The number of anilines is 1. The molecule has 0 fully saturated rings. The van der Waals surface area contributed by atoms with Gasteiger partial charge >= 0.3 is 11.8 Å². The molecule has 0 unspecified atom stereocenters. The molecule has 0 saturated carbocycles. The van der Waals surface area contributed by atoms with E-state index in [0.29, 0.717) is 17.2 Å². The highest BCUT2D eigenvalue weighted by Gasteiger charge is 2.13. The lowest BCUT2D eigenvalue weighted by Gasteiger charge is -2.05. The number of nitrogens with zero attached hydrogens (tertiary/aromatic N) is 1. The predicted molar refractivity (Wildman–Crippen MR) is 107 cm³/mol. The Balaban J connectivity index is 1.51. The smallest absolute Gasteiger partial charge is 0.313 e. The fourth-order valence-electron chi connectivity index (χ4n) is 2.18. The van der Waals surface area contributed by atoms with Crippen LogP contribution in [0.2, 0.25) is 0 Å². The molecule has 3 aromatic rings. The molecule has 0 aliphatic heterocycles. The number of hydrogen-bond acceptors (Lipinski definition) is 4. The number of furan rings is 1. The maximum Gasteiger partial charge on any atom is 0.313 e. The summed E-state index contributed by atoms with van der Waals surface area (Å²) < 4.78 is 6.55. The normalized spacial score (nSPS) is 10.7. The molecule has 0 bridgehead atoms. The monoisotopic (exact) mass is 425 g/mol. The molecule has 1 heterocycles. The van der Waals surface area contributed by atoms with E-state index in [1.165, 1.54) is 0 Å². The lowest BCUT2D eigenvalue weighted by atomic mass is 10.3. The first-order valence-corrected chi connectivity index (χ1v) is 8.92. The molecule has 0 spiro atoms. The van der Waals surface area contributed by atoms with Crippen molar-refractivity contribution in [2.75, 3.05) is 5.32 Å². The molecular weight excluding hydrogens is 410 g/mol. The Morgan fingerprint density at radius 3 is 2.44 bits per heavy atom. The first-order chi connectivity index (χ1) is 13.1. The lowest BCUT2D eigenvalue weighted by Crippen LogP contribution is -2.34. The van der Waals surface area contributed by atoms with Gasteiger partial charge in [-0.3, -0.25) is 14.6 Å². The standard InChI is InChI=1S/C20H16BrN3O3/c21-14-6-8-15(9-7-14)22-12-17-10-11-18(27-17)13-23-19(25)20(26)24-16-4-2-1-3-5-16/h1-12H,13H2,(H,23,25)(H,24,26). The Kier molecular flexibility index (Phi) is 6.17. The van der Waals surface area contributed by atoms with Crippen LogP contribution in [0.25, 0.3) is 0 Å². The van der Waals surface area contributed by atoms with Crippen LogP contribution in [0.5, 0.6) is 0 Å². The Hall–Kier alpha value is -3.19. The van der Waals surface area contributed by atoms with Crippen LogP contribution in [0, 0.1) is 0 Å². The summed E-state index contributed by atoms with van der Waals surface area (Å²) in [6.07, 6.45) is 1.59. The second-order valence-corrected chi connectivity index (χ2v) is 6.46. The van der Waals surface area contributed by atoms with E-state index in [4.69, 9.17) is 4.42 Å². The molecule has 0 radical (unpaired) electrons. The van der Waals surface area contributed by atoms with E-state index in [1.54, 1.807) is 42.6 Å². The summed E-state index contributed by atoms with van der Waals surface area (Å²) in [5.41, 5.74) is 1.35. The van der Waals surface area contributed by atoms with Gasteiger partial charge in [0.15, 0.2) is 0 Å². The number of benzene rings is 2. The van der Waals surface area contributed by atoms with Crippen LogP contribution in [-0.4, -0.2) is 18.0 Å². The summed E-state index contributed by atoms with van der Waals surface area (Å²) in [4.78, 5) is 28.0. The van der Waals surface area contributed by atoms with Gasteiger partial charge in [-0.05, 0) is 48.5 Å². The quantitative estimate of drug-likeness (QED) is 0.477. The van der Waals surface area contributed by atoms with Crippen molar-refractivity contribution in [2.45, 2.75) is 6.54 Å². The number of carbonyl (C=O) groups excluding carboxylic acids is 2. The molecule has 0 aliphatic carbocycles. The highest BCUT2D eigenvalue weighted by molar-refractivity contribution is 9.10. The molecule has 3 rings (SSSR count). The van der Waals surface area contributed by atoms with Gasteiger partial charge in [-0.1, -0.05) is 34.1 Å². The Morgan fingerprint density at radius 1 is 0.963 bits per heavy atom. The number of para-hydroxylation sites is 1. The molecule has 0 saturated heterocycles. The van der Waals surface area contributed by atoms with E-state index in [9.17, 15) is 9.59 Å². The van der Waals surface area contributed by atoms with E-state index >= 15 is 0 Å². The summed E-state index contributed by atoms with van der Waals surface area (Å²) in [5.74, 6) is -0.394. The number of amides is 2. The molecular formula is C20H16BrN3O3. The van der Waals surface area contributed by atoms with Crippen molar-refractivity contribution in [3.8, 4) is 0 Å². The van der Waals surface area contributed by atoms with Crippen LogP contribution in [0.4, 0.5) is 11.4 Å². The molecule has 2 N–H and O–H groups in total. The molecule has 1 aromatic heterocycles. The van der Waals surface area contributed by atoms with Crippen molar-refractivity contribution in [1.29, 1.82) is 0 Å². The first-order valence-electron chi connectivity index (χ1n) is 8.13. The zero-order chi connectivity index (χ0) is 19.1. The Labute approximate surface area is 164 Å². The van der Waals surface area contributed by atoms with Crippen LogP contribution in [-0.2, 0) is 16.1 Å². The number of rotatable bonds is 5. The number of nitrogens with one attached hydrogen (secondary N) is 2. The van der Waals surface area contributed by atoms with Gasteiger partial charge in [0, 0.05) is 10.2 Å². The maximum atomic E-state index is 11.9. The van der Waals surface area contributed by atoms with Crippen LogP contribution < -0.4 is 10.6 Å². The topological polar surface area (TPSA) is 83.7 Å². The van der Waals surface area contributed by atoms with Crippen molar-refractivity contribution in [2.24, 2.45) is 4.99 Å². The molecule has 27 heavy (non-hydrogen) atoms. The van der Waals surface area contributed by atoms with Crippen molar-refractivity contribution in [3.05, 3.63) is 82.7 Å². The fraction of sp³-hybridized carbons (Fsp3) is 0.0500. The minimum absolute atomic E-state index is 0.104. The SMILES string of the molecule is O=C(NCc1ccc(C=Nc2ccc(Br)cc2)o1)C(=O)Nc1ccccc1. The van der Waals surface area contributed by atoms with Gasteiger partial charge in [-0.15, -0.1) is 0 Å². The zero-order valence-electron chi connectivity index (χ0n) is 14.2. The van der Waals surface area contributed by atoms with Crippen molar-refractivity contribution < 1.29 is 14.0 Å². The number of halogens is 1. The van der Waals surface area contributed by atoms with Gasteiger partial charge in [-0.2, -0.15) is 0 Å².